The van der Waals surface area contributed by atoms with Gasteiger partial charge in [0.25, 0.3) is 10.0 Å². The van der Waals surface area contributed by atoms with Crippen LogP contribution in [-0.2, 0) is 21.2 Å². The number of hydrogen-bond acceptors (Lipinski definition) is 6. The van der Waals surface area contributed by atoms with Crippen LogP contribution >= 0.6 is 11.3 Å². The predicted molar refractivity (Wildman–Crippen MR) is 121 cm³/mol. The number of carbonyl (C=O) groups is 1. The number of para-hydroxylation sites is 2. The number of furan rings is 1. The molecule has 2 aromatic carbocycles. The molecular weight excluding hydrogens is 453 g/mol. The Bertz CT molecular complexity index is 1360. The third kappa shape index (κ3) is 5.04. The molecule has 0 aliphatic rings. The highest BCUT2D eigenvalue weighted by atomic mass is 32.2. The Balaban J connectivity index is 1.46. The standard InChI is InChI=1S/C22H18FN3O4S2/c1-14-6-11-20(30-14)22-24-16(13-31-22)12-21(27)25-18-4-2-3-5-19(18)26-32(28,29)17-9-7-15(23)8-10-17/h2-11,13,26H,12H2,1H3,(H,25,27). The average Bonchev–Trinajstić information content (AvgIpc) is 3.38. The van der Waals surface area contributed by atoms with Gasteiger partial charge in [0.05, 0.1) is 28.4 Å². The van der Waals surface area contributed by atoms with Crippen molar-refractivity contribution in [1.82, 2.24) is 4.98 Å². The van der Waals surface area contributed by atoms with Crippen LogP contribution < -0.4 is 10.0 Å². The first kappa shape index (κ1) is 21.7. The lowest BCUT2D eigenvalue weighted by atomic mass is 10.2. The molecule has 4 aromatic rings. The third-order valence-corrected chi connectivity index (χ3v) is 6.70. The van der Waals surface area contributed by atoms with E-state index in [2.05, 4.69) is 15.0 Å². The van der Waals surface area contributed by atoms with Crippen LogP contribution in [-0.4, -0.2) is 19.3 Å². The summed E-state index contributed by atoms with van der Waals surface area (Å²) in [5.74, 6) is 0.517. The summed E-state index contributed by atoms with van der Waals surface area (Å²) in [5, 5.41) is 5.16. The van der Waals surface area contributed by atoms with Gasteiger partial charge in [0, 0.05) is 5.38 Å². The molecule has 0 fully saturated rings. The summed E-state index contributed by atoms with van der Waals surface area (Å²) in [6.07, 6.45) is 0.00916. The highest BCUT2D eigenvalue weighted by Gasteiger charge is 2.17. The number of benzene rings is 2. The quantitative estimate of drug-likeness (QED) is 0.402. The van der Waals surface area contributed by atoms with Crippen molar-refractivity contribution in [3.05, 3.63) is 83.3 Å². The molecular formula is C22H18FN3O4S2. The van der Waals surface area contributed by atoms with E-state index in [0.717, 1.165) is 17.9 Å². The van der Waals surface area contributed by atoms with Gasteiger partial charge in [-0.05, 0) is 55.5 Å². The number of sulfonamides is 1. The van der Waals surface area contributed by atoms with Gasteiger partial charge in [-0.3, -0.25) is 9.52 Å². The van der Waals surface area contributed by atoms with Crippen LogP contribution in [0.15, 0.2) is 75.4 Å². The minimum Gasteiger partial charge on any atom is -0.459 e. The minimum absolute atomic E-state index is 0.00916. The molecule has 164 valence electrons. The molecule has 0 spiro atoms. The van der Waals surface area contributed by atoms with Gasteiger partial charge in [-0.1, -0.05) is 12.1 Å². The molecule has 32 heavy (non-hydrogen) atoms. The van der Waals surface area contributed by atoms with E-state index >= 15 is 0 Å². The number of rotatable bonds is 7. The first-order valence-electron chi connectivity index (χ1n) is 9.49. The normalized spacial score (nSPS) is 11.3. The van der Waals surface area contributed by atoms with Crippen LogP contribution in [0, 0.1) is 12.7 Å². The zero-order chi connectivity index (χ0) is 22.7. The fourth-order valence-corrected chi connectivity index (χ4v) is 4.77. The number of halogens is 1. The van der Waals surface area contributed by atoms with Crippen molar-refractivity contribution in [2.45, 2.75) is 18.2 Å². The molecule has 0 aliphatic heterocycles. The number of nitrogens with one attached hydrogen (secondary N) is 2. The number of aromatic nitrogens is 1. The van der Waals surface area contributed by atoms with Crippen molar-refractivity contribution < 1.29 is 22.0 Å². The van der Waals surface area contributed by atoms with Crippen molar-refractivity contribution in [1.29, 1.82) is 0 Å². The third-order valence-electron chi connectivity index (χ3n) is 4.41. The van der Waals surface area contributed by atoms with Crippen LogP contribution in [0.1, 0.15) is 11.5 Å². The minimum atomic E-state index is -3.96. The van der Waals surface area contributed by atoms with Gasteiger partial charge in [-0.15, -0.1) is 11.3 Å². The highest BCUT2D eigenvalue weighted by molar-refractivity contribution is 7.92. The summed E-state index contributed by atoms with van der Waals surface area (Å²) in [6, 6.07) is 14.5. The van der Waals surface area contributed by atoms with Crippen molar-refractivity contribution >= 4 is 38.6 Å². The van der Waals surface area contributed by atoms with E-state index in [4.69, 9.17) is 4.42 Å². The van der Waals surface area contributed by atoms with Crippen LogP contribution in [0.5, 0.6) is 0 Å². The number of nitrogens with zero attached hydrogens (tertiary/aromatic N) is 1. The Hall–Kier alpha value is -3.50. The van der Waals surface area contributed by atoms with Gasteiger partial charge in [0.2, 0.25) is 5.91 Å². The van der Waals surface area contributed by atoms with Crippen LogP contribution in [0.3, 0.4) is 0 Å². The SMILES string of the molecule is Cc1ccc(-c2nc(CC(=O)Nc3ccccc3NS(=O)(=O)c3ccc(F)cc3)cs2)o1. The van der Waals surface area contributed by atoms with E-state index in [9.17, 15) is 17.6 Å². The number of thiazole rings is 1. The van der Waals surface area contributed by atoms with Gasteiger partial charge in [0.1, 0.15) is 11.6 Å². The van der Waals surface area contributed by atoms with E-state index < -0.39 is 15.8 Å². The number of hydrogen-bond donors (Lipinski definition) is 2. The summed E-state index contributed by atoms with van der Waals surface area (Å²) >= 11 is 1.37. The average molecular weight is 472 g/mol. The number of carbonyl (C=O) groups excluding carboxylic acids is 1. The van der Waals surface area contributed by atoms with Crippen molar-refractivity contribution in [3.63, 3.8) is 0 Å². The maximum Gasteiger partial charge on any atom is 0.261 e. The Morgan fingerprint density at radius 3 is 2.47 bits per heavy atom. The molecule has 0 unspecified atom stereocenters. The number of aryl methyl sites for hydroxylation is 1. The second-order valence-electron chi connectivity index (χ2n) is 6.88. The summed E-state index contributed by atoms with van der Waals surface area (Å²) in [6.45, 7) is 1.84. The second kappa shape index (κ2) is 8.93. The first-order valence-corrected chi connectivity index (χ1v) is 11.8. The predicted octanol–water partition coefficient (Wildman–Crippen LogP) is 4.83. The lowest BCUT2D eigenvalue weighted by molar-refractivity contribution is -0.115. The van der Waals surface area contributed by atoms with Crippen molar-refractivity contribution in [2.24, 2.45) is 0 Å². The fraction of sp³-hybridized carbons (Fsp3) is 0.0909. The topological polar surface area (TPSA) is 101 Å². The van der Waals surface area contributed by atoms with E-state index in [-0.39, 0.29) is 22.9 Å². The summed E-state index contributed by atoms with van der Waals surface area (Å²) in [4.78, 5) is 16.9. The van der Waals surface area contributed by atoms with E-state index in [1.807, 2.05) is 19.1 Å². The van der Waals surface area contributed by atoms with Crippen molar-refractivity contribution in [3.8, 4) is 10.8 Å². The summed E-state index contributed by atoms with van der Waals surface area (Å²) < 4.78 is 46.3. The van der Waals surface area contributed by atoms with Crippen LogP contribution in [0.4, 0.5) is 15.8 Å². The molecule has 7 nitrogen and oxygen atoms in total. The lowest BCUT2D eigenvalue weighted by Crippen LogP contribution is -2.18. The molecule has 0 saturated carbocycles. The molecule has 2 heterocycles. The van der Waals surface area contributed by atoms with Gasteiger partial charge >= 0.3 is 0 Å². The molecule has 4 rings (SSSR count). The molecule has 10 heteroatoms. The molecule has 0 atom stereocenters. The van der Waals surface area contributed by atoms with Crippen molar-refractivity contribution in [2.75, 3.05) is 10.0 Å². The number of anilines is 2. The van der Waals surface area contributed by atoms with E-state index in [1.165, 1.54) is 29.5 Å². The Morgan fingerprint density at radius 1 is 1.06 bits per heavy atom. The van der Waals surface area contributed by atoms with Crippen LogP contribution in [0.2, 0.25) is 0 Å². The maximum atomic E-state index is 13.1. The summed E-state index contributed by atoms with van der Waals surface area (Å²) in [7, 11) is -3.96. The molecule has 0 aliphatic carbocycles. The van der Waals surface area contributed by atoms with E-state index in [0.29, 0.717) is 22.1 Å². The van der Waals surface area contributed by atoms with Crippen LogP contribution in [0.25, 0.3) is 10.8 Å². The molecule has 2 aromatic heterocycles. The zero-order valence-corrected chi connectivity index (χ0v) is 18.5. The molecule has 0 radical (unpaired) electrons. The van der Waals surface area contributed by atoms with Gasteiger partial charge in [-0.25, -0.2) is 17.8 Å². The lowest BCUT2D eigenvalue weighted by Gasteiger charge is -2.13. The van der Waals surface area contributed by atoms with E-state index in [1.54, 1.807) is 23.6 Å². The zero-order valence-electron chi connectivity index (χ0n) is 16.8. The smallest absolute Gasteiger partial charge is 0.261 e. The highest BCUT2D eigenvalue weighted by Crippen LogP contribution is 2.27. The molecule has 0 bridgehead atoms. The molecule has 1 amide bonds. The summed E-state index contributed by atoms with van der Waals surface area (Å²) in [5.41, 5.74) is 1.05. The monoisotopic (exact) mass is 471 g/mol. The molecule has 0 saturated heterocycles. The van der Waals surface area contributed by atoms with Gasteiger partial charge in [-0.2, -0.15) is 0 Å². The largest absolute Gasteiger partial charge is 0.459 e. The second-order valence-corrected chi connectivity index (χ2v) is 9.42. The fourth-order valence-electron chi connectivity index (χ4n) is 2.91. The Morgan fingerprint density at radius 2 is 1.78 bits per heavy atom. The van der Waals surface area contributed by atoms with Gasteiger partial charge < -0.3 is 9.73 Å². The number of amides is 1. The molecule has 2 N–H and O–H groups in total. The maximum absolute atomic E-state index is 13.1. The first-order chi connectivity index (χ1) is 15.3. The van der Waals surface area contributed by atoms with Gasteiger partial charge in [0.15, 0.2) is 10.8 Å². The Labute approximate surface area is 188 Å². The Kier molecular flexibility index (Phi) is 6.06.